The number of ether oxygens (including phenoxy) is 1. The van der Waals surface area contributed by atoms with E-state index in [0.29, 0.717) is 6.54 Å². The van der Waals surface area contributed by atoms with Gasteiger partial charge in [0.25, 0.3) is 0 Å². The molecule has 2 amide bonds. The number of alkyl halides is 2. The smallest absolute Gasteiger partial charge is 0.387 e. The van der Waals surface area contributed by atoms with Crippen LogP contribution >= 0.6 is 0 Å². The van der Waals surface area contributed by atoms with E-state index in [1.807, 2.05) is 0 Å². The fraction of sp³-hybridized carbons (Fsp3) is 0.667. The highest BCUT2D eigenvalue weighted by Gasteiger charge is 2.22. The van der Waals surface area contributed by atoms with Crippen LogP contribution in [0.15, 0.2) is 18.2 Å². The van der Waals surface area contributed by atoms with E-state index in [9.17, 15) is 13.6 Å². The number of amides is 2. The first kappa shape index (κ1) is 20.8. The molecular weight excluding hydrogens is 364 g/mol. The van der Waals surface area contributed by atoms with Crippen molar-refractivity contribution in [2.75, 3.05) is 26.2 Å². The molecule has 0 saturated carbocycles. The van der Waals surface area contributed by atoms with Crippen LogP contribution in [0.3, 0.4) is 0 Å². The first-order valence-corrected chi connectivity index (χ1v) is 10.4. The molecule has 1 aliphatic carbocycles. The van der Waals surface area contributed by atoms with Gasteiger partial charge in [0.05, 0.1) is 6.04 Å². The summed E-state index contributed by atoms with van der Waals surface area (Å²) >= 11 is 0. The molecule has 1 fully saturated rings. The molecule has 0 spiro atoms. The summed E-state index contributed by atoms with van der Waals surface area (Å²) in [6.45, 7) is 3.46. The fourth-order valence-corrected chi connectivity index (χ4v) is 4.12. The second-order valence-corrected chi connectivity index (χ2v) is 7.96. The molecule has 156 valence electrons. The minimum Gasteiger partial charge on any atom is -0.435 e. The largest absolute Gasteiger partial charge is 0.435 e. The predicted octanol–water partition coefficient (Wildman–Crippen LogP) is 4.09. The Morgan fingerprint density at radius 3 is 2.82 bits per heavy atom. The van der Waals surface area contributed by atoms with E-state index in [1.54, 1.807) is 18.2 Å². The molecule has 5 nitrogen and oxygen atoms in total. The van der Waals surface area contributed by atoms with E-state index in [1.165, 1.54) is 12.8 Å². The number of urea groups is 1. The van der Waals surface area contributed by atoms with E-state index < -0.39 is 6.61 Å². The van der Waals surface area contributed by atoms with Crippen LogP contribution in [0, 0.1) is 5.92 Å². The number of likely N-dealkylation sites (tertiary alicyclic amines) is 1. The molecule has 7 heteroatoms. The van der Waals surface area contributed by atoms with E-state index in [4.69, 9.17) is 0 Å². The van der Waals surface area contributed by atoms with Crippen molar-refractivity contribution in [1.29, 1.82) is 0 Å². The van der Waals surface area contributed by atoms with E-state index in [-0.39, 0.29) is 17.8 Å². The van der Waals surface area contributed by atoms with E-state index in [2.05, 4.69) is 27.2 Å². The number of carbonyl (C=O) groups excluding carboxylic acids is 1. The van der Waals surface area contributed by atoms with Crippen molar-refractivity contribution in [2.45, 2.75) is 58.1 Å². The van der Waals surface area contributed by atoms with E-state index >= 15 is 0 Å². The Morgan fingerprint density at radius 1 is 1.29 bits per heavy atom. The third-order valence-electron chi connectivity index (χ3n) is 5.77. The Bertz CT molecular complexity index is 649. The summed E-state index contributed by atoms with van der Waals surface area (Å²) in [5.41, 5.74) is 1.96. The Hall–Kier alpha value is -1.89. The zero-order chi connectivity index (χ0) is 19.9. The second kappa shape index (κ2) is 10.0. The highest BCUT2D eigenvalue weighted by molar-refractivity contribution is 5.74. The molecule has 1 heterocycles. The average molecular weight is 395 g/mol. The number of aryl methyl sites for hydroxylation is 1. The van der Waals surface area contributed by atoms with Gasteiger partial charge in [0.1, 0.15) is 5.75 Å². The number of carbonyl (C=O) groups is 1. The van der Waals surface area contributed by atoms with Gasteiger partial charge >= 0.3 is 12.6 Å². The van der Waals surface area contributed by atoms with Gasteiger partial charge in [-0.1, -0.05) is 13.0 Å². The number of nitrogens with zero attached hydrogens (tertiary/aromatic N) is 1. The van der Waals surface area contributed by atoms with Crippen molar-refractivity contribution < 1.29 is 18.3 Å². The normalized spacial score (nSPS) is 20.6. The molecule has 1 aromatic carbocycles. The van der Waals surface area contributed by atoms with Gasteiger partial charge in [0, 0.05) is 6.54 Å². The maximum Gasteiger partial charge on any atom is 0.387 e. The maximum absolute atomic E-state index is 12.4. The minimum atomic E-state index is -2.82. The third kappa shape index (κ3) is 6.06. The van der Waals surface area contributed by atoms with Gasteiger partial charge in [-0.05, 0) is 87.3 Å². The molecule has 1 aliphatic heterocycles. The lowest BCUT2D eigenvalue weighted by molar-refractivity contribution is -0.0499. The Kier molecular flexibility index (Phi) is 7.48. The first-order chi connectivity index (χ1) is 13.5. The van der Waals surface area contributed by atoms with Crippen molar-refractivity contribution in [1.82, 2.24) is 15.5 Å². The van der Waals surface area contributed by atoms with Crippen LogP contribution in [0.1, 0.15) is 56.2 Å². The molecule has 1 unspecified atom stereocenters. The summed E-state index contributed by atoms with van der Waals surface area (Å²) in [7, 11) is 0. The van der Waals surface area contributed by atoms with Gasteiger partial charge in [-0.3, -0.25) is 0 Å². The number of halogens is 2. The molecule has 0 aromatic heterocycles. The van der Waals surface area contributed by atoms with Crippen molar-refractivity contribution >= 4 is 6.03 Å². The monoisotopic (exact) mass is 395 g/mol. The molecule has 2 aliphatic rings. The summed E-state index contributed by atoms with van der Waals surface area (Å²) in [5.74, 6) is 1.00. The first-order valence-electron chi connectivity index (χ1n) is 10.4. The highest BCUT2D eigenvalue weighted by atomic mass is 19.3. The Labute approximate surface area is 165 Å². The van der Waals surface area contributed by atoms with Crippen LogP contribution in [0.2, 0.25) is 0 Å². The number of nitrogens with one attached hydrogen (secondary N) is 2. The lowest BCUT2D eigenvalue weighted by atomic mass is 9.87. The van der Waals surface area contributed by atoms with E-state index in [0.717, 1.165) is 62.4 Å². The SMILES string of the molecule is CC1CCN(CCCNC(=O)NC2CCCc3cc(OC(F)F)ccc32)CC1. The van der Waals surface area contributed by atoms with Crippen LogP contribution in [0.4, 0.5) is 13.6 Å². The molecule has 0 radical (unpaired) electrons. The number of rotatable bonds is 7. The van der Waals surface area contributed by atoms with Crippen LogP contribution < -0.4 is 15.4 Å². The standard InChI is InChI=1S/C21H31F2N3O2/c1-15-8-12-26(13-9-15)11-3-10-24-21(27)25-19-5-2-4-16-14-17(28-20(22)23)6-7-18(16)19/h6-7,14-15,19-20H,2-5,8-13H2,1H3,(H2,24,25,27). The van der Waals surface area contributed by atoms with Gasteiger partial charge in [0.2, 0.25) is 0 Å². The topological polar surface area (TPSA) is 53.6 Å². The summed E-state index contributed by atoms with van der Waals surface area (Å²) in [6, 6.07) is 4.73. The molecule has 1 saturated heterocycles. The maximum atomic E-state index is 12.4. The lowest BCUT2D eigenvalue weighted by Gasteiger charge is -2.30. The summed E-state index contributed by atoms with van der Waals surface area (Å²) in [5, 5.41) is 5.97. The number of benzene rings is 1. The molecule has 28 heavy (non-hydrogen) atoms. The van der Waals surface area contributed by atoms with Gasteiger partial charge in [-0.15, -0.1) is 0 Å². The zero-order valence-corrected chi connectivity index (χ0v) is 16.6. The van der Waals surface area contributed by atoms with Crippen LogP contribution in [0.25, 0.3) is 0 Å². The zero-order valence-electron chi connectivity index (χ0n) is 16.6. The summed E-state index contributed by atoms with van der Waals surface area (Å²) < 4.78 is 29.3. The van der Waals surface area contributed by atoms with Gasteiger partial charge in [0.15, 0.2) is 0 Å². The van der Waals surface area contributed by atoms with Gasteiger partial charge < -0.3 is 20.3 Å². The third-order valence-corrected chi connectivity index (χ3v) is 5.77. The predicted molar refractivity (Wildman–Crippen MR) is 105 cm³/mol. The number of fused-ring (bicyclic) bond motifs is 1. The van der Waals surface area contributed by atoms with Crippen molar-refractivity contribution in [3.63, 3.8) is 0 Å². The molecule has 3 rings (SSSR count). The van der Waals surface area contributed by atoms with Crippen molar-refractivity contribution in [3.05, 3.63) is 29.3 Å². The fourth-order valence-electron chi connectivity index (χ4n) is 4.12. The van der Waals surface area contributed by atoms with Crippen molar-refractivity contribution in [2.24, 2.45) is 5.92 Å². The number of hydrogen-bond acceptors (Lipinski definition) is 3. The minimum absolute atomic E-state index is 0.0899. The van der Waals surface area contributed by atoms with Gasteiger partial charge in [-0.2, -0.15) is 8.78 Å². The Morgan fingerprint density at radius 2 is 2.07 bits per heavy atom. The van der Waals surface area contributed by atoms with Crippen molar-refractivity contribution in [3.8, 4) is 5.75 Å². The van der Waals surface area contributed by atoms with Crippen LogP contribution in [0.5, 0.6) is 5.75 Å². The van der Waals surface area contributed by atoms with Gasteiger partial charge in [-0.25, -0.2) is 4.79 Å². The lowest BCUT2D eigenvalue weighted by Crippen LogP contribution is -2.40. The quantitative estimate of drug-likeness (QED) is 0.684. The average Bonchev–Trinajstić information content (AvgIpc) is 2.66. The summed E-state index contributed by atoms with van der Waals surface area (Å²) in [4.78, 5) is 14.7. The molecular formula is C21H31F2N3O2. The molecule has 1 atom stereocenters. The van der Waals surface area contributed by atoms with Crippen LogP contribution in [-0.2, 0) is 6.42 Å². The second-order valence-electron chi connectivity index (χ2n) is 7.96. The number of hydrogen-bond donors (Lipinski definition) is 2. The number of piperidine rings is 1. The Balaban J connectivity index is 1.42. The molecule has 1 aromatic rings. The molecule has 0 bridgehead atoms. The summed E-state index contributed by atoms with van der Waals surface area (Å²) in [6.07, 6.45) is 6.03. The highest BCUT2D eigenvalue weighted by Crippen LogP contribution is 2.32. The van der Waals surface area contributed by atoms with Crippen LogP contribution in [-0.4, -0.2) is 43.7 Å². The molecule has 2 N–H and O–H groups in total.